The molecule has 22 heavy (non-hydrogen) atoms. The molecule has 0 unspecified atom stereocenters. The van der Waals surface area contributed by atoms with Crippen molar-refractivity contribution in [2.24, 2.45) is 0 Å². The van der Waals surface area contributed by atoms with E-state index in [9.17, 15) is 0 Å². The largest absolute Gasteiger partial charge is 0.484 e. The lowest BCUT2D eigenvalue weighted by molar-refractivity contribution is 0.0958. The number of rotatable bonds is 2. The summed E-state index contributed by atoms with van der Waals surface area (Å²) in [5.74, 6) is 1.59. The van der Waals surface area contributed by atoms with Gasteiger partial charge in [-0.05, 0) is 74.4 Å². The van der Waals surface area contributed by atoms with Crippen LogP contribution >= 0.6 is 0 Å². The molecule has 0 N–H and O–H groups in total. The highest BCUT2D eigenvalue weighted by molar-refractivity contribution is 5.98. The first kappa shape index (κ1) is 21.0. The second-order valence-electron chi connectivity index (χ2n) is 8.09. The molecule has 0 aliphatic heterocycles. The molecule has 3 nitrogen and oxygen atoms in total. The third kappa shape index (κ3) is 11.6. The van der Waals surface area contributed by atoms with Crippen LogP contribution in [0.3, 0.4) is 0 Å². The minimum absolute atomic E-state index is 0.0448. The zero-order chi connectivity index (χ0) is 17.6. The van der Waals surface area contributed by atoms with Crippen LogP contribution in [0.1, 0.15) is 62.3 Å². The molecule has 0 bridgehead atoms. The van der Waals surface area contributed by atoms with Crippen molar-refractivity contribution in [1.82, 2.24) is 0 Å². The van der Waals surface area contributed by atoms with Crippen LogP contribution in [0.5, 0.6) is 11.5 Å². The Morgan fingerprint density at radius 1 is 0.636 bits per heavy atom. The molecule has 0 saturated carbocycles. The first-order valence-electron chi connectivity index (χ1n) is 7.55. The molecule has 1 aromatic carbocycles. The first-order valence-corrected chi connectivity index (χ1v) is 7.96. The molecule has 0 aliphatic carbocycles. The lowest BCUT2D eigenvalue weighted by atomic mass is 10.1. The Morgan fingerprint density at radius 2 is 0.909 bits per heavy atom. The van der Waals surface area contributed by atoms with Gasteiger partial charge in [0.25, 0.3) is 0 Å². The second-order valence-corrected chi connectivity index (χ2v) is 8.29. The van der Waals surface area contributed by atoms with Crippen molar-refractivity contribution in [3.05, 3.63) is 24.3 Å². The molecular weight excluding hydrogens is 292 g/mol. The monoisotopic (exact) mass is 323 g/mol. The van der Waals surface area contributed by atoms with Crippen LogP contribution in [0.25, 0.3) is 0 Å². The Labute approximate surface area is 139 Å². The van der Waals surface area contributed by atoms with Gasteiger partial charge in [-0.2, -0.15) is 0 Å². The van der Waals surface area contributed by atoms with Crippen molar-refractivity contribution in [1.29, 1.82) is 0 Å². The summed E-state index contributed by atoms with van der Waals surface area (Å²) in [5.41, 5.74) is -0.467. The van der Waals surface area contributed by atoms with Gasteiger partial charge < -0.3 is 13.9 Å². The van der Waals surface area contributed by atoms with Crippen molar-refractivity contribution in [2.45, 2.75) is 79.1 Å². The van der Waals surface area contributed by atoms with Crippen molar-refractivity contribution >= 4 is 10.5 Å². The minimum Gasteiger partial charge on any atom is -0.484 e. The van der Waals surface area contributed by atoms with Gasteiger partial charge in [-0.3, -0.25) is 0 Å². The van der Waals surface area contributed by atoms with Gasteiger partial charge in [0.15, 0.2) is 11.5 Å². The number of ether oxygens (including phenoxy) is 2. The summed E-state index contributed by atoms with van der Waals surface area (Å²) in [6, 6.07) is 7.78. The van der Waals surface area contributed by atoms with E-state index < -0.39 is 0 Å². The van der Waals surface area contributed by atoms with E-state index in [1.54, 1.807) is 0 Å². The summed E-state index contributed by atoms with van der Waals surface area (Å²) in [6.07, 6.45) is 0. The van der Waals surface area contributed by atoms with E-state index in [2.05, 4.69) is 10.5 Å². The number of hydrogen-bond donors (Lipinski definition) is 0. The molecule has 0 fully saturated rings. The molecule has 0 spiro atoms. The van der Waals surface area contributed by atoms with Crippen molar-refractivity contribution in [3.8, 4) is 11.5 Å². The third-order valence-corrected chi connectivity index (χ3v) is 2.60. The van der Waals surface area contributed by atoms with Crippen molar-refractivity contribution in [3.63, 3.8) is 0 Å². The maximum atomic E-state index is 5.85. The van der Waals surface area contributed by atoms with Crippen LogP contribution < -0.4 is 9.47 Å². The minimum atomic E-state index is -0.211. The van der Waals surface area contributed by atoms with Crippen LogP contribution in [0.4, 0.5) is 0 Å². The van der Waals surface area contributed by atoms with Crippen LogP contribution in [-0.4, -0.2) is 27.3 Å². The summed E-state index contributed by atoms with van der Waals surface area (Å²) in [5, 5.41) is 0. The van der Waals surface area contributed by atoms with Gasteiger partial charge in [0.2, 0.25) is 10.5 Å². The van der Waals surface area contributed by atoms with Gasteiger partial charge in [-0.1, -0.05) is 12.1 Å². The molecule has 0 saturated heterocycles. The SMILES string of the molecule is CC(C)(C)O[Si].CC(C)(C)Oc1ccccc1OC(C)(C)C. The predicted octanol–water partition coefficient (Wildman–Crippen LogP) is 4.93. The molecule has 0 heterocycles. The summed E-state index contributed by atoms with van der Waals surface area (Å²) in [4.78, 5) is 0. The Kier molecular flexibility index (Phi) is 7.65. The summed E-state index contributed by atoms with van der Waals surface area (Å²) < 4.78 is 16.5. The molecule has 1 rings (SSSR count). The fourth-order valence-electron chi connectivity index (χ4n) is 1.28. The molecular formula is C18H31O3Si. The quantitative estimate of drug-likeness (QED) is 0.723. The zero-order valence-corrected chi connectivity index (χ0v) is 16.5. The Morgan fingerprint density at radius 3 is 1.09 bits per heavy atom. The average molecular weight is 324 g/mol. The van der Waals surface area contributed by atoms with E-state index in [-0.39, 0.29) is 16.8 Å². The summed E-state index contributed by atoms with van der Waals surface area (Å²) >= 11 is 0. The third-order valence-electron chi connectivity index (χ3n) is 1.99. The van der Waals surface area contributed by atoms with E-state index >= 15 is 0 Å². The lowest BCUT2D eigenvalue weighted by Crippen LogP contribution is -2.26. The normalized spacial score (nSPS) is 12.3. The van der Waals surface area contributed by atoms with Gasteiger partial charge in [0, 0.05) is 5.60 Å². The van der Waals surface area contributed by atoms with Crippen LogP contribution in [0, 0.1) is 0 Å². The summed E-state index contributed by atoms with van der Waals surface area (Å²) in [7, 11) is 2.91. The van der Waals surface area contributed by atoms with Gasteiger partial charge in [-0.15, -0.1) is 0 Å². The zero-order valence-electron chi connectivity index (χ0n) is 15.5. The maximum absolute atomic E-state index is 5.85. The summed E-state index contributed by atoms with van der Waals surface area (Å²) in [6.45, 7) is 18.1. The molecule has 0 amide bonds. The van der Waals surface area contributed by atoms with Gasteiger partial charge in [-0.25, -0.2) is 0 Å². The fraction of sp³-hybridized carbons (Fsp3) is 0.667. The van der Waals surface area contributed by atoms with E-state index in [1.165, 1.54) is 0 Å². The van der Waals surface area contributed by atoms with E-state index in [1.807, 2.05) is 86.6 Å². The second kappa shape index (κ2) is 8.02. The standard InChI is InChI=1S/C14H22O2.C4H9OSi/c1-13(2,3)15-11-9-7-8-10-12(11)16-14(4,5)6;1-4(2,3)5-6/h7-10H,1-6H3;1-3H3. The highest BCUT2D eigenvalue weighted by Gasteiger charge is 2.18. The van der Waals surface area contributed by atoms with Crippen LogP contribution in [-0.2, 0) is 4.43 Å². The topological polar surface area (TPSA) is 27.7 Å². The number of hydrogen-bond acceptors (Lipinski definition) is 3. The fourth-order valence-corrected chi connectivity index (χ4v) is 1.28. The molecule has 125 valence electrons. The smallest absolute Gasteiger partial charge is 0.246 e. The van der Waals surface area contributed by atoms with Crippen molar-refractivity contribution in [2.75, 3.05) is 0 Å². The molecule has 0 aliphatic rings. The van der Waals surface area contributed by atoms with Gasteiger partial charge in [0.1, 0.15) is 11.2 Å². The Bertz CT molecular complexity index is 402. The molecule has 4 heteroatoms. The molecule has 0 atom stereocenters. The Hall–Kier alpha value is -1.00. The first-order chi connectivity index (χ1) is 9.73. The van der Waals surface area contributed by atoms with E-state index in [0.29, 0.717) is 0 Å². The molecule has 1 aromatic rings. The molecule has 0 aromatic heterocycles. The highest BCUT2D eigenvalue weighted by Crippen LogP contribution is 2.32. The molecule has 3 radical (unpaired) electrons. The van der Waals surface area contributed by atoms with E-state index in [0.717, 1.165) is 11.5 Å². The maximum Gasteiger partial charge on any atom is 0.246 e. The number of benzene rings is 1. The van der Waals surface area contributed by atoms with Gasteiger partial charge >= 0.3 is 0 Å². The average Bonchev–Trinajstić information content (AvgIpc) is 2.28. The van der Waals surface area contributed by atoms with Crippen LogP contribution in [0.15, 0.2) is 24.3 Å². The highest BCUT2D eigenvalue weighted by atomic mass is 28.2. The number of para-hydroxylation sites is 2. The van der Waals surface area contributed by atoms with Crippen LogP contribution in [0.2, 0.25) is 0 Å². The van der Waals surface area contributed by atoms with Crippen molar-refractivity contribution < 1.29 is 13.9 Å². The lowest BCUT2D eigenvalue weighted by Gasteiger charge is -2.27. The van der Waals surface area contributed by atoms with E-state index in [4.69, 9.17) is 13.9 Å². The Balaban J connectivity index is 0.000000626. The van der Waals surface area contributed by atoms with Gasteiger partial charge in [0.05, 0.1) is 0 Å². The predicted molar refractivity (Wildman–Crippen MR) is 93.8 cm³/mol.